The summed E-state index contributed by atoms with van der Waals surface area (Å²) in [4.78, 5) is 0. The molecule has 110 valence electrons. The van der Waals surface area contributed by atoms with Crippen molar-refractivity contribution in [3.8, 4) is 11.8 Å². The van der Waals surface area contributed by atoms with Gasteiger partial charge in [0.2, 0.25) is 0 Å². The molecule has 0 atom stereocenters. The number of hydrogen-bond donors (Lipinski definition) is 2. The fraction of sp³-hybridized carbons (Fsp3) is 0.200. The van der Waals surface area contributed by atoms with Gasteiger partial charge in [-0.15, -0.1) is 11.3 Å². The molecule has 1 aromatic carbocycles. The number of nitrogens with two attached hydrogens (primary N) is 1. The van der Waals surface area contributed by atoms with Gasteiger partial charge in [-0.25, -0.2) is 8.42 Å². The third kappa shape index (κ3) is 3.85. The van der Waals surface area contributed by atoms with Gasteiger partial charge in [-0.05, 0) is 41.6 Å². The highest BCUT2D eigenvalue weighted by Gasteiger charge is 2.16. The van der Waals surface area contributed by atoms with Gasteiger partial charge in [0.1, 0.15) is 4.21 Å². The average Bonchev–Trinajstić information content (AvgIpc) is 3.01. The van der Waals surface area contributed by atoms with E-state index in [0.717, 1.165) is 11.1 Å². The van der Waals surface area contributed by atoms with E-state index in [1.54, 1.807) is 29.6 Å². The van der Waals surface area contributed by atoms with E-state index in [2.05, 4.69) is 16.6 Å². The van der Waals surface area contributed by atoms with E-state index in [0.29, 0.717) is 22.9 Å². The Morgan fingerprint density at radius 3 is 2.76 bits per heavy atom. The smallest absolute Gasteiger partial charge is 0.271 e. The van der Waals surface area contributed by atoms with Gasteiger partial charge in [0.25, 0.3) is 10.0 Å². The number of nitrogens with one attached hydrogen (secondary N) is 1. The molecule has 1 heterocycles. The van der Waals surface area contributed by atoms with Crippen LogP contribution in [0.15, 0.2) is 39.9 Å². The van der Waals surface area contributed by atoms with Crippen molar-refractivity contribution in [3.05, 3.63) is 46.8 Å². The van der Waals surface area contributed by atoms with Crippen molar-refractivity contribution in [2.45, 2.75) is 17.6 Å². The topological polar surface area (TPSA) is 72.2 Å². The minimum atomic E-state index is -3.52. The van der Waals surface area contributed by atoms with Crippen molar-refractivity contribution >= 4 is 27.0 Å². The van der Waals surface area contributed by atoms with Crippen molar-refractivity contribution in [1.29, 1.82) is 0 Å². The Morgan fingerprint density at radius 1 is 1.33 bits per heavy atom. The predicted octanol–water partition coefficient (Wildman–Crippen LogP) is 2.42. The lowest BCUT2D eigenvalue weighted by Crippen LogP contribution is -2.13. The Hall–Kier alpha value is -1.81. The molecule has 0 radical (unpaired) electrons. The fourth-order valence-corrected chi connectivity index (χ4v) is 3.92. The van der Waals surface area contributed by atoms with Gasteiger partial charge < -0.3 is 5.73 Å². The Bertz CT molecular complexity index is 770. The molecule has 0 amide bonds. The molecular weight excluding hydrogens is 304 g/mol. The maximum Gasteiger partial charge on any atom is 0.271 e. The average molecular weight is 320 g/mol. The zero-order chi connectivity index (χ0) is 15.3. The molecule has 0 aliphatic carbocycles. The molecule has 0 fully saturated rings. The fourth-order valence-electron chi connectivity index (χ4n) is 1.83. The van der Waals surface area contributed by atoms with E-state index in [-0.39, 0.29) is 0 Å². The van der Waals surface area contributed by atoms with Crippen molar-refractivity contribution in [2.24, 2.45) is 5.73 Å². The molecule has 0 aliphatic heterocycles. The van der Waals surface area contributed by atoms with E-state index < -0.39 is 10.0 Å². The molecular formula is C15H16N2O2S2. The first kappa shape index (κ1) is 15.6. The van der Waals surface area contributed by atoms with Crippen LogP contribution in [0, 0.1) is 11.8 Å². The lowest BCUT2D eigenvalue weighted by molar-refractivity contribution is 0.603. The van der Waals surface area contributed by atoms with Crippen LogP contribution in [0.4, 0.5) is 5.69 Å². The van der Waals surface area contributed by atoms with Gasteiger partial charge in [-0.1, -0.05) is 24.8 Å². The van der Waals surface area contributed by atoms with Gasteiger partial charge in [0.15, 0.2) is 0 Å². The molecule has 0 saturated carbocycles. The highest BCUT2D eigenvalue weighted by Crippen LogP contribution is 2.24. The van der Waals surface area contributed by atoms with Crippen molar-refractivity contribution in [3.63, 3.8) is 0 Å². The summed E-state index contributed by atoms with van der Waals surface area (Å²) in [6, 6.07) is 8.71. The molecule has 3 N–H and O–H groups in total. The number of sulfonamides is 1. The molecule has 1 aromatic heterocycles. The molecule has 2 aromatic rings. The maximum atomic E-state index is 12.2. The van der Waals surface area contributed by atoms with Crippen LogP contribution >= 0.6 is 11.3 Å². The van der Waals surface area contributed by atoms with Crippen LogP contribution in [-0.4, -0.2) is 15.0 Å². The molecule has 6 heteroatoms. The summed E-state index contributed by atoms with van der Waals surface area (Å²) in [7, 11) is -3.52. The van der Waals surface area contributed by atoms with Gasteiger partial charge >= 0.3 is 0 Å². The number of benzene rings is 1. The van der Waals surface area contributed by atoms with Gasteiger partial charge in [-0.3, -0.25) is 4.72 Å². The molecule has 0 unspecified atom stereocenters. The van der Waals surface area contributed by atoms with Gasteiger partial charge in [-0.2, -0.15) is 0 Å². The predicted molar refractivity (Wildman–Crippen MR) is 86.9 cm³/mol. The minimum Gasteiger partial charge on any atom is -0.320 e. The highest BCUT2D eigenvalue weighted by atomic mass is 32.2. The molecule has 0 aliphatic rings. The number of rotatable bonds is 4. The van der Waals surface area contributed by atoms with Gasteiger partial charge in [0.05, 0.1) is 12.2 Å². The van der Waals surface area contributed by atoms with Crippen LogP contribution in [0.3, 0.4) is 0 Å². The molecule has 0 spiro atoms. The minimum absolute atomic E-state index is 0.300. The summed E-state index contributed by atoms with van der Waals surface area (Å²) < 4.78 is 27.4. The van der Waals surface area contributed by atoms with Crippen LogP contribution in [0.25, 0.3) is 0 Å². The summed E-state index contributed by atoms with van der Waals surface area (Å²) in [6.07, 6.45) is 0.709. The zero-order valence-electron chi connectivity index (χ0n) is 11.6. The Labute approximate surface area is 129 Å². The molecule has 2 rings (SSSR count). The van der Waals surface area contributed by atoms with Crippen LogP contribution in [0.1, 0.15) is 18.1 Å². The lowest BCUT2D eigenvalue weighted by atomic mass is 10.1. The van der Waals surface area contributed by atoms with Crippen molar-refractivity contribution in [2.75, 3.05) is 11.3 Å². The summed E-state index contributed by atoms with van der Waals surface area (Å²) in [6.45, 7) is 2.27. The second kappa shape index (κ2) is 6.76. The van der Waals surface area contributed by atoms with Crippen LogP contribution in [0.5, 0.6) is 0 Å². The van der Waals surface area contributed by atoms with E-state index in [9.17, 15) is 8.42 Å². The number of thiophene rings is 1. The van der Waals surface area contributed by atoms with E-state index in [1.807, 2.05) is 13.0 Å². The Kier molecular flexibility index (Phi) is 5.02. The van der Waals surface area contributed by atoms with Crippen molar-refractivity contribution < 1.29 is 8.42 Å². The van der Waals surface area contributed by atoms with Crippen LogP contribution in [-0.2, 0) is 16.4 Å². The SMILES string of the molecule is CCc1cc(C#CCN)ccc1NS(=O)(=O)c1cccs1. The first-order valence-electron chi connectivity index (χ1n) is 6.45. The number of anilines is 1. The number of hydrogen-bond acceptors (Lipinski definition) is 4. The van der Waals surface area contributed by atoms with E-state index in [4.69, 9.17) is 5.73 Å². The Balaban J connectivity index is 2.32. The third-order valence-electron chi connectivity index (χ3n) is 2.83. The standard InChI is InChI=1S/C15H16N2O2S2/c1-2-13-11-12(5-3-9-16)7-8-14(13)17-21(18,19)15-6-4-10-20-15/h4,6-8,10-11,17H,2,9,16H2,1H3. The molecule has 4 nitrogen and oxygen atoms in total. The van der Waals surface area contributed by atoms with E-state index >= 15 is 0 Å². The molecule has 0 bridgehead atoms. The highest BCUT2D eigenvalue weighted by molar-refractivity contribution is 7.94. The van der Waals surface area contributed by atoms with E-state index in [1.165, 1.54) is 11.3 Å². The summed E-state index contributed by atoms with van der Waals surface area (Å²) in [5, 5.41) is 1.74. The quantitative estimate of drug-likeness (QED) is 0.850. The second-order valence-electron chi connectivity index (χ2n) is 4.27. The lowest BCUT2D eigenvalue weighted by Gasteiger charge is -2.11. The third-order valence-corrected chi connectivity index (χ3v) is 5.59. The monoisotopic (exact) mass is 320 g/mol. The molecule has 21 heavy (non-hydrogen) atoms. The van der Waals surface area contributed by atoms with Gasteiger partial charge in [0, 0.05) is 5.56 Å². The zero-order valence-corrected chi connectivity index (χ0v) is 13.2. The first-order chi connectivity index (χ1) is 10.1. The molecule has 0 saturated heterocycles. The van der Waals surface area contributed by atoms with Crippen LogP contribution in [0.2, 0.25) is 0 Å². The normalized spacial score (nSPS) is 10.8. The summed E-state index contributed by atoms with van der Waals surface area (Å²) in [5.41, 5.74) is 7.67. The summed E-state index contributed by atoms with van der Waals surface area (Å²) >= 11 is 1.19. The summed E-state index contributed by atoms with van der Waals surface area (Å²) in [5.74, 6) is 5.73. The van der Waals surface area contributed by atoms with Crippen LogP contribution < -0.4 is 10.5 Å². The first-order valence-corrected chi connectivity index (χ1v) is 8.81. The largest absolute Gasteiger partial charge is 0.320 e. The Morgan fingerprint density at radius 2 is 2.14 bits per heavy atom. The number of aryl methyl sites for hydroxylation is 1. The van der Waals surface area contributed by atoms with Crippen molar-refractivity contribution in [1.82, 2.24) is 0 Å². The maximum absolute atomic E-state index is 12.2. The second-order valence-corrected chi connectivity index (χ2v) is 7.13.